The van der Waals surface area contributed by atoms with E-state index in [1.54, 1.807) is 0 Å². The van der Waals surface area contributed by atoms with Crippen molar-refractivity contribution in [3.05, 3.63) is 78.9 Å². The molecule has 1 atom stereocenters. The molecular weight excluding hydrogens is 279 g/mol. The van der Waals surface area contributed by atoms with Crippen LogP contribution in [0.25, 0.3) is 11.1 Å². The zero-order chi connectivity index (χ0) is 11.9. The summed E-state index contributed by atoms with van der Waals surface area (Å²) in [6, 6.07) is 26.7. The number of hydrogen-bond acceptors (Lipinski definition) is 0. The second-order valence-electron chi connectivity index (χ2n) is 3.72. The normalized spacial score (nSPS) is 8.94. The van der Waals surface area contributed by atoms with Gasteiger partial charge in [0.25, 0.3) is 0 Å². The van der Waals surface area contributed by atoms with Crippen LogP contribution in [0.3, 0.4) is 0 Å². The molecule has 0 amide bonds. The largest absolute Gasteiger partial charge is 0.748 e. The fraction of sp³-hybridized carbons (Fsp3) is 0. The van der Waals surface area contributed by atoms with Crippen molar-refractivity contribution in [2.75, 3.05) is 0 Å². The van der Waals surface area contributed by atoms with Crippen LogP contribution in [0, 0.1) is 0 Å². The summed E-state index contributed by atoms with van der Waals surface area (Å²) >= 11 is 0. The molecule has 0 radical (unpaired) electrons. The first-order chi connectivity index (χ1) is 8.38. The van der Waals surface area contributed by atoms with Gasteiger partial charge in [-0.3, -0.25) is 0 Å². The Kier molecular flexibility index (Phi) is 6.68. The summed E-state index contributed by atoms with van der Waals surface area (Å²) in [6.07, 6.45) is 0. The van der Waals surface area contributed by atoms with E-state index in [1.165, 1.54) is 16.4 Å². The molecule has 3 aromatic rings. The maximum absolute atomic E-state index is 2.75. The Hall–Kier alpha value is -1.13. The Morgan fingerprint density at radius 2 is 1.33 bits per heavy atom. The van der Waals surface area contributed by atoms with Crippen molar-refractivity contribution in [1.29, 1.82) is 0 Å². The average Bonchev–Trinajstić information content (AvgIpc) is 3.03. The summed E-state index contributed by atoms with van der Waals surface area (Å²) in [4.78, 5) is 0. The third kappa shape index (κ3) is 4.27. The standard InChI is InChI=1S/C11H10P.C5H5.Fe/c12-11-8-4-7-10(11)9-5-2-1-3-6-9;1-2-4-5-3-1;/h1-8H,12H2;1-5H;/q-1;-5;. The first-order valence-corrected chi connectivity index (χ1v) is 6.19. The Balaban J connectivity index is 0.000000230. The summed E-state index contributed by atoms with van der Waals surface area (Å²) in [5, 5.41) is 1.27. The van der Waals surface area contributed by atoms with Crippen LogP contribution in [0.4, 0.5) is 0 Å². The van der Waals surface area contributed by atoms with Gasteiger partial charge in [0, 0.05) is 17.1 Å². The third-order valence-corrected chi connectivity index (χ3v) is 2.99. The van der Waals surface area contributed by atoms with Crippen LogP contribution >= 0.6 is 9.24 Å². The number of rotatable bonds is 1. The van der Waals surface area contributed by atoms with Crippen molar-refractivity contribution >= 4 is 14.5 Å². The molecule has 0 N–H and O–H groups in total. The minimum atomic E-state index is 0. The summed E-state index contributed by atoms with van der Waals surface area (Å²) < 4.78 is 0. The second-order valence-corrected chi connectivity index (χ2v) is 4.35. The molecule has 0 aromatic heterocycles. The maximum atomic E-state index is 2.75. The Morgan fingerprint density at radius 1 is 0.778 bits per heavy atom. The topological polar surface area (TPSA) is 0 Å². The van der Waals surface area contributed by atoms with E-state index in [1.807, 2.05) is 36.4 Å². The molecule has 3 aromatic carbocycles. The van der Waals surface area contributed by atoms with Gasteiger partial charge in [0.05, 0.1) is 0 Å². The van der Waals surface area contributed by atoms with Crippen LogP contribution in [0.15, 0.2) is 78.9 Å². The van der Waals surface area contributed by atoms with Gasteiger partial charge in [-0.15, -0.1) is 16.9 Å². The number of benzene rings is 1. The minimum Gasteiger partial charge on any atom is -0.748 e. The van der Waals surface area contributed by atoms with Crippen molar-refractivity contribution in [2.45, 2.75) is 0 Å². The van der Waals surface area contributed by atoms with Crippen molar-refractivity contribution in [3.8, 4) is 11.1 Å². The van der Waals surface area contributed by atoms with Gasteiger partial charge < -0.3 is 30.3 Å². The molecule has 0 aliphatic rings. The van der Waals surface area contributed by atoms with Gasteiger partial charge in [-0.05, 0) is 0 Å². The smallest absolute Gasteiger partial charge is 0 e. The first-order valence-electron chi connectivity index (χ1n) is 5.61. The summed E-state index contributed by atoms with van der Waals surface area (Å²) in [5.74, 6) is 0. The van der Waals surface area contributed by atoms with Gasteiger partial charge in [0.15, 0.2) is 0 Å². The molecule has 0 nitrogen and oxygen atoms in total. The zero-order valence-electron chi connectivity index (χ0n) is 9.94. The number of hydrogen-bond donors (Lipinski definition) is 0. The Morgan fingerprint density at radius 3 is 1.78 bits per heavy atom. The Bertz CT molecular complexity index is 506. The van der Waals surface area contributed by atoms with Gasteiger partial charge in [0.2, 0.25) is 0 Å². The van der Waals surface area contributed by atoms with Gasteiger partial charge in [-0.25, -0.2) is 0 Å². The van der Waals surface area contributed by atoms with E-state index >= 15 is 0 Å². The molecule has 0 fully saturated rings. The molecule has 0 aliphatic carbocycles. The van der Waals surface area contributed by atoms with Crippen LogP contribution in [0.1, 0.15) is 0 Å². The van der Waals surface area contributed by atoms with Crippen LogP contribution in [0.2, 0.25) is 0 Å². The predicted molar refractivity (Wildman–Crippen MR) is 78.9 cm³/mol. The molecule has 1 unspecified atom stereocenters. The van der Waals surface area contributed by atoms with Crippen molar-refractivity contribution in [1.82, 2.24) is 0 Å². The zero-order valence-corrected chi connectivity index (χ0v) is 12.2. The third-order valence-electron chi connectivity index (χ3n) is 2.49. The van der Waals surface area contributed by atoms with Gasteiger partial charge in [-0.1, -0.05) is 35.9 Å². The molecule has 0 aliphatic heterocycles. The maximum Gasteiger partial charge on any atom is 0 e. The van der Waals surface area contributed by atoms with E-state index in [2.05, 4.69) is 51.7 Å². The second kappa shape index (κ2) is 8.06. The van der Waals surface area contributed by atoms with Crippen LogP contribution in [-0.2, 0) is 17.1 Å². The van der Waals surface area contributed by atoms with Crippen LogP contribution < -0.4 is 5.30 Å². The monoisotopic (exact) mass is 294 g/mol. The van der Waals surface area contributed by atoms with E-state index in [0.717, 1.165) is 0 Å². The summed E-state index contributed by atoms with van der Waals surface area (Å²) in [5.41, 5.74) is 2.59. The summed E-state index contributed by atoms with van der Waals surface area (Å²) in [6.45, 7) is 0. The molecule has 3 rings (SSSR count). The van der Waals surface area contributed by atoms with E-state index in [4.69, 9.17) is 0 Å². The van der Waals surface area contributed by atoms with E-state index in [-0.39, 0.29) is 17.1 Å². The van der Waals surface area contributed by atoms with Gasteiger partial charge in [-0.2, -0.15) is 21.4 Å². The Labute approximate surface area is 121 Å². The van der Waals surface area contributed by atoms with E-state index in [9.17, 15) is 0 Å². The molecule has 0 bridgehead atoms. The van der Waals surface area contributed by atoms with Crippen LogP contribution in [-0.4, -0.2) is 0 Å². The fourth-order valence-corrected chi connectivity index (χ4v) is 2.01. The van der Waals surface area contributed by atoms with Gasteiger partial charge in [0.1, 0.15) is 0 Å². The molecule has 0 spiro atoms. The van der Waals surface area contributed by atoms with E-state index in [0.29, 0.717) is 0 Å². The molecule has 98 valence electrons. The quantitative estimate of drug-likeness (QED) is 0.362. The average molecular weight is 294 g/mol. The van der Waals surface area contributed by atoms with Gasteiger partial charge >= 0.3 is 0 Å². The molecule has 2 heteroatoms. The SMILES string of the molecule is P[c-]1cccc1-c1ccccc1.[Fe].[cH-]1[cH-][cH-][cH-][cH-]1. The molecule has 0 saturated heterocycles. The van der Waals surface area contributed by atoms with E-state index < -0.39 is 0 Å². The molecule has 0 saturated carbocycles. The molecule has 18 heavy (non-hydrogen) atoms. The molecular formula is C16H15FeP-6. The minimum absolute atomic E-state index is 0. The first kappa shape index (κ1) is 14.9. The van der Waals surface area contributed by atoms with Crippen molar-refractivity contribution < 1.29 is 17.1 Å². The summed E-state index contributed by atoms with van der Waals surface area (Å²) in [7, 11) is 2.75. The van der Waals surface area contributed by atoms with Crippen molar-refractivity contribution in [2.24, 2.45) is 0 Å². The van der Waals surface area contributed by atoms with Crippen molar-refractivity contribution in [3.63, 3.8) is 0 Å². The fourth-order valence-electron chi connectivity index (χ4n) is 1.64. The molecule has 0 heterocycles. The van der Waals surface area contributed by atoms with Crippen LogP contribution in [0.5, 0.6) is 0 Å². The predicted octanol–water partition coefficient (Wildman–Crippen LogP) is 3.98.